The van der Waals surface area contributed by atoms with Crippen LogP contribution >= 0.6 is 11.6 Å². The molecule has 0 aromatic heterocycles. The highest BCUT2D eigenvalue weighted by atomic mass is 35.5. The van der Waals surface area contributed by atoms with Gasteiger partial charge < -0.3 is 10.2 Å². The van der Waals surface area contributed by atoms with Gasteiger partial charge in [0.1, 0.15) is 18.2 Å². The van der Waals surface area contributed by atoms with Crippen molar-refractivity contribution in [1.82, 2.24) is 25.7 Å². The van der Waals surface area contributed by atoms with Crippen LogP contribution in [-0.4, -0.2) is 59.2 Å². The van der Waals surface area contributed by atoms with E-state index in [0.717, 1.165) is 48.5 Å². The van der Waals surface area contributed by atoms with Crippen LogP contribution in [-0.2, 0) is 0 Å². The summed E-state index contributed by atoms with van der Waals surface area (Å²) in [7, 11) is 2.05. The predicted octanol–water partition coefficient (Wildman–Crippen LogP) is 2.36. The Hall–Kier alpha value is -1.73. The van der Waals surface area contributed by atoms with Crippen molar-refractivity contribution in [3.63, 3.8) is 0 Å². The summed E-state index contributed by atoms with van der Waals surface area (Å²) in [6.45, 7) is 4.28. The number of hydrazone groups is 1. The molecule has 0 amide bonds. The van der Waals surface area contributed by atoms with E-state index in [4.69, 9.17) is 21.7 Å². The van der Waals surface area contributed by atoms with Crippen LogP contribution in [0.15, 0.2) is 32.5 Å². The summed E-state index contributed by atoms with van der Waals surface area (Å²) in [6, 6.07) is 0. The lowest BCUT2D eigenvalue weighted by Crippen LogP contribution is -2.44. The van der Waals surface area contributed by atoms with E-state index in [-0.39, 0.29) is 12.3 Å². The van der Waals surface area contributed by atoms with E-state index in [1.807, 2.05) is 0 Å². The highest BCUT2D eigenvalue weighted by Gasteiger charge is 2.39. The molecule has 8 heteroatoms. The quantitative estimate of drug-likeness (QED) is 0.773. The normalized spacial score (nSPS) is 30.5. The van der Waals surface area contributed by atoms with Gasteiger partial charge >= 0.3 is 0 Å². The van der Waals surface area contributed by atoms with Crippen molar-refractivity contribution in [3.8, 4) is 0 Å². The number of halogens is 1. The van der Waals surface area contributed by atoms with Gasteiger partial charge in [0.2, 0.25) is 5.96 Å². The summed E-state index contributed by atoms with van der Waals surface area (Å²) < 4.78 is 0. The maximum atomic E-state index is 6.46. The van der Waals surface area contributed by atoms with E-state index in [9.17, 15) is 0 Å². The Bertz CT molecular complexity index is 745. The van der Waals surface area contributed by atoms with E-state index >= 15 is 0 Å². The summed E-state index contributed by atoms with van der Waals surface area (Å²) in [5, 5.41) is 13.3. The van der Waals surface area contributed by atoms with Crippen molar-refractivity contribution < 1.29 is 0 Å². The van der Waals surface area contributed by atoms with E-state index in [2.05, 4.69) is 45.7 Å². The maximum Gasteiger partial charge on any atom is 0.218 e. The molecular formula is C19H28ClN7. The van der Waals surface area contributed by atoms with Crippen LogP contribution in [0.5, 0.6) is 0 Å². The number of rotatable bonds is 4. The summed E-state index contributed by atoms with van der Waals surface area (Å²) >= 11 is 6.46. The zero-order chi connectivity index (χ0) is 18.5. The van der Waals surface area contributed by atoms with Crippen LogP contribution in [0.3, 0.4) is 0 Å². The SMILES string of the molecule is CC1=C(Cl)C=C(C2CC2)C2=NC(CCC3NC(N4CCCC4)=NN3C)NN21. The van der Waals surface area contributed by atoms with Gasteiger partial charge in [-0.1, -0.05) is 11.6 Å². The molecule has 1 saturated heterocycles. The standard InChI is InChI=1S/C19H28ClN7/c1-12-15(20)11-14(13-5-6-13)18-21-16(23-27(12)18)7-8-17-22-19(24-25(17)2)26-9-3-4-10-26/h11,13,16-17,23H,3-10H2,1-2H3,(H,22,24). The van der Waals surface area contributed by atoms with Crippen LogP contribution in [0.25, 0.3) is 0 Å². The van der Waals surface area contributed by atoms with Crippen molar-refractivity contribution in [2.45, 2.75) is 57.8 Å². The van der Waals surface area contributed by atoms with E-state index in [1.54, 1.807) is 0 Å². The first-order chi connectivity index (χ1) is 13.1. The smallest absolute Gasteiger partial charge is 0.218 e. The number of likely N-dealkylation sites (tertiary alicyclic amines) is 1. The minimum absolute atomic E-state index is 0.0886. The summed E-state index contributed by atoms with van der Waals surface area (Å²) in [5.74, 6) is 2.74. The van der Waals surface area contributed by atoms with Crippen LogP contribution in [0.2, 0.25) is 0 Å². The minimum Gasteiger partial charge on any atom is -0.341 e. The number of hydrogen-bond acceptors (Lipinski definition) is 7. The van der Waals surface area contributed by atoms with Crippen molar-refractivity contribution in [2.24, 2.45) is 16.0 Å². The van der Waals surface area contributed by atoms with Crippen molar-refractivity contribution in [3.05, 3.63) is 22.4 Å². The fourth-order valence-electron chi connectivity index (χ4n) is 4.29. The summed E-state index contributed by atoms with van der Waals surface area (Å²) in [6.07, 6.45) is 9.41. The Morgan fingerprint density at radius 1 is 1.22 bits per heavy atom. The van der Waals surface area contributed by atoms with Gasteiger partial charge in [0.05, 0.1) is 10.7 Å². The second kappa shape index (κ2) is 6.71. The summed E-state index contributed by atoms with van der Waals surface area (Å²) in [4.78, 5) is 7.35. The zero-order valence-corrected chi connectivity index (χ0v) is 16.8. The van der Waals surface area contributed by atoms with Crippen LogP contribution in [0.1, 0.15) is 45.4 Å². The molecule has 27 heavy (non-hydrogen) atoms. The van der Waals surface area contributed by atoms with Gasteiger partial charge in [0.15, 0.2) is 0 Å². The average molecular weight is 390 g/mol. The second-order valence-electron chi connectivity index (χ2n) is 8.17. The molecule has 2 fully saturated rings. The molecule has 0 aromatic rings. The van der Waals surface area contributed by atoms with E-state index < -0.39 is 0 Å². The molecule has 4 aliphatic heterocycles. The maximum absolute atomic E-state index is 6.46. The Kier molecular flexibility index (Phi) is 4.31. The molecule has 2 N–H and O–H groups in total. The molecule has 5 aliphatic rings. The van der Waals surface area contributed by atoms with Crippen LogP contribution in [0.4, 0.5) is 0 Å². The third kappa shape index (κ3) is 3.21. The van der Waals surface area contributed by atoms with Gasteiger partial charge in [0.25, 0.3) is 0 Å². The molecule has 7 nitrogen and oxygen atoms in total. The highest BCUT2D eigenvalue weighted by molar-refractivity contribution is 6.32. The lowest BCUT2D eigenvalue weighted by molar-refractivity contribution is 0.234. The third-order valence-corrected chi connectivity index (χ3v) is 6.51. The molecule has 0 spiro atoms. The first-order valence-corrected chi connectivity index (χ1v) is 10.5. The summed E-state index contributed by atoms with van der Waals surface area (Å²) in [5.41, 5.74) is 5.89. The Morgan fingerprint density at radius 3 is 2.74 bits per heavy atom. The molecule has 1 aliphatic carbocycles. The van der Waals surface area contributed by atoms with Crippen LogP contribution in [0, 0.1) is 5.92 Å². The number of nitrogens with zero attached hydrogens (tertiary/aromatic N) is 5. The Balaban J connectivity index is 1.21. The fraction of sp³-hybridized carbons (Fsp3) is 0.684. The van der Waals surface area contributed by atoms with Crippen molar-refractivity contribution >= 4 is 23.4 Å². The topological polar surface area (TPSA) is 58.5 Å². The van der Waals surface area contributed by atoms with E-state index in [1.165, 1.54) is 31.3 Å². The minimum atomic E-state index is 0.0886. The van der Waals surface area contributed by atoms with E-state index in [0.29, 0.717) is 5.92 Å². The molecule has 2 unspecified atom stereocenters. The molecule has 1 saturated carbocycles. The van der Waals surface area contributed by atoms with Crippen LogP contribution < -0.4 is 10.7 Å². The number of aliphatic imine (C=N–C) groups is 1. The fourth-order valence-corrected chi connectivity index (χ4v) is 4.49. The van der Waals surface area contributed by atoms with Gasteiger partial charge in [-0.05, 0) is 57.4 Å². The molecule has 0 bridgehead atoms. The van der Waals surface area contributed by atoms with Gasteiger partial charge in [-0.25, -0.2) is 10.4 Å². The largest absolute Gasteiger partial charge is 0.341 e. The molecule has 0 radical (unpaired) electrons. The van der Waals surface area contributed by atoms with Crippen molar-refractivity contribution in [2.75, 3.05) is 20.1 Å². The predicted molar refractivity (Wildman–Crippen MR) is 108 cm³/mol. The molecule has 5 rings (SSSR count). The first-order valence-electron chi connectivity index (χ1n) is 10.2. The highest BCUT2D eigenvalue weighted by Crippen LogP contribution is 2.42. The average Bonchev–Trinajstić information content (AvgIpc) is 3.06. The second-order valence-corrected chi connectivity index (χ2v) is 8.58. The first kappa shape index (κ1) is 17.4. The number of fused-ring (bicyclic) bond motifs is 1. The number of nitrogens with one attached hydrogen (secondary N) is 2. The number of hydrazine groups is 1. The monoisotopic (exact) mass is 389 g/mol. The van der Waals surface area contributed by atoms with Gasteiger partial charge in [0, 0.05) is 25.7 Å². The Morgan fingerprint density at radius 2 is 2.00 bits per heavy atom. The van der Waals surface area contributed by atoms with Gasteiger partial charge in [-0.3, -0.25) is 10.0 Å². The Labute approximate surface area is 165 Å². The number of hydrogen-bond donors (Lipinski definition) is 2. The van der Waals surface area contributed by atoms with Gasteiger partial charge in [-0.15, -0.1) is 5.10 Å². The van der Waals surface area contributed by atoms with Crippen molar-refractivity contribution in [1.29, 1.82) is 0 Å². The van der Waals surface area contributed by atoms with Gasteiger partial charge in [-0.2, -0.15) is 0 Å². The number of amidine groups is 1. The zero-order valence-electron chi connectivity index (χ0n) is 16.1. The molecule has 2 atom stereocenters. The lowest BCUT2D eigenvalue weighted by atomic mass is 10.1. The molecule has 0 aromatic carbocycles. The molecule has 4 heterocycles. The third-order valence-electron chi connectivity index (χ3n) is 6.13. The molecule has 146 valence electrons. The number of allylic oxidation sites excluding steroid dienone is 3. The lowest BCUT2D eigenvalue weighted by Gasteiger charge is -2.28. The molecular weight excluding hydrogens is 362 g/mol. The number of guanidine groups is 1.